The van der Waals surface area contributed by atoms with E-state index in [1.54, 1.807) is 11.1 Å². The summed E-state index contributed by atoms with van der Waals surface area (Å²) in [4.78, 5) is 22.1. The molecule has 0 spiro atoms. The molecule has 1 amide bonds. The third kappa shape index (κ3) is 6.54. The molecule has 34 heavy (non-hydrogen) atoms. The van der Waals surface area contributed by atoms with Crippen molar-refractivity contribution in [2.24, 2.45) is 0 Å². The second-order valence-corrected chi connectivity index (χ2v) is 8.53. The maximum absolute atomic E-state index is 13.3. The molecule has 1 aliphatic heterocycles. The number of aromatic amines is 1. The summed E-state index contributed by atoms with van der Waals surface area (Å²) in [6.07, 6.45) is 5.66. The molecule has 1 aliphatic rings. The summed E-state index contributed by atoms with van der Waals surface area (Å²) < 4.78 is 5.55. The van der Waals surface area contributed by atoms with E-state index < -0.39 is 0 Å². The van der Waals surface area contributed by atoms with Crippen LogP contribution in [0.5, 0.6) is 0 Å². The van der Waals surface area contributed by atoms with Gasteiger partial charge in [-0.15, -0.1) is 0 Å². The van der Waals surface area contributed by atoms with Crippen LogP contribution in [0.2, 0.25) is 0 Å². The molecule has 1 saturated heterocycles. The quantitative estimate of drug-likeness (QED) is 0.599. The maximum Gasteiger partial charge on any atom is 0.254 e. The Morgan fingerprint density at radius 3 is 2.62 bits per heavy atom. The molecule has 0 saturated carbocycles. The summed E-state index contributed by atoms with van der Waals surface area (Å²) in [5.74, 6) is 0.850. The molecule has 0 radical (unpaired) electrons. The number of anilines is 1. The molecule has 2 aromatic heterocycles. The minimum atomic E-state index is 0.00427. The van der Waals surface area contributed by atoms with E-state index in [1.165, 1.54) is 0 Å². The van der Waals surface area contributed by atoms with Crippen molar-refractivity contribution in [3.05, 3.63) is 82.8 Å². The standard InChI is InChI=1S/C23H29N3O2.C4H6N2/c1-5-9-20-18(3)24-22(26-12-13-28-16-17(26)2)14-21(20)23(27)25(4)15-19-10-7-6-8-11-19;1-4-2-3-5-6-4/h5-11,14,17H,12-13,15-16H2,1-4H3;2-3H,1H3,(H,5,6)/b9-5-;/t17-;/m1./s1. The highest BCUT2D eigenvalue weighted by Crippen LogP contribution is 2.25. The monoisotopic (exact) mass is 461 g/mol. The van der Waals surface area contributed by atoms with E-state index in [0.717, 1.165) is 34.9 Å². The fourth-order valence-corrected chi connectivity index (χ4v) is 3.89. The Balaban J connectivity index is 0.000000469. The summed E-state index contributed by atoms with van der Waals surface area (Å²) in [5.41, 5.74) is 4.66. The predicted octanol–water partition coefficient (Wildman–Crippen LogP) is 4.64. The largest absolute Gasteiger partial charge is 0.377 e. The van der Waals surface area contributed by atoms with Crippen LogP contribution in [0.4, 0.5) is 5.82 Å². The van der Waals surface area contributed by atoms with Crippen molar-refractivity contribution < 1.29 is 9.53 Å². The molecule has 180 valence electrons. The Morgan fingerprint density at radius 2 is 2.03 bits per heavy atom. The second kappa shape index (κ2) is 12.1. The van der Waals surface area contributed by atoms with Gasteiger partial charge in [0.25, 0.3) is 5.91 Å². The number of morpholine rings is 1. The number of aryl methyl sites for hydroxylation is 2. The molecule has 7 nitrogen and oxygen atoms in total. The van der Waals surface area contributed by atoms with Gasteiger partial charge in [-0.25, -0.2) is 4.98 Å². The van der Waals surface area contributed by atoms with Crippen molar-refractivity contribution in [2.45, 2.75) is 40.3 Å². The number of amides is 1. The van der Waals surface area contributed by atoms with Gasteiger partial charge in [-0.05, 0) is 45.4 Å². The highest BCUT2D eigenvalue weighted by molar-refractivity contribution is 5.98. The van der Waals surface area contributed by atoms with Gasteiger partial charge >= 0.3 is 0 Å². The van der Waals surface area contributed by atoms with Gasteiger partial charge in [0.2, 0.25) is 0 Å². The first-order valence-corrected chi connectivity index (χ1v) is 11.6. The smallest absolute Gasteiger partial charge is 0.254 e. The van der Waals surface area contributed by atoms with E-state index in [4.69, 9.17) is 9.72 Å². The number of ether oxygens (including phenoxy) is 1. The third-order valence-corrected chi connectivity index (χ3v) is 5.71. The van der Waals surface area contributed by atoms with Crippen LogP contribution in [0.3, 0.4) is 0 Å². The number of H-pyrrole nitrogens is 1. The number of nitrogens with one attached hydrogen (secondary N) is 1. The Bertz CT molecular complexity index is 1080. The van der Waals surface area contributed by atoms with Crippen molar-refractivity contribution in [1.29, 1.82) is 0 Å². The van der Waals surface area contributed by atoms with Gasteiger partial charge in [0.1, 0.15) is 5.82 Å². The second-order valence-electron chi connectivity index (χ2n) is 8.53. The van der Waals surface area contributed by atoms with Gasteiger partial charge in [-0.3, -0.25) is 9.89 Å². The van der Waals surface area contributed by atoms with Gasteiger partial charge in [0.05, 0.1) is 24.8 Å². The number of pyridine rings is 1. The van der Waals surface area contributed by atoms with E-state index in [9.17, 15) is 4.79 Å². The van der Waals surface area contributed by atoms with Crippen molar-refractivity contribution in [1.82, 2.24) is 20.1 Å². The van der Waals surface area contributed by atoms with Crippen molar-refractivity contribution in [2.75, 3.05) is 31.7 Å². The maximum atomic E-state index is 13.3. The third-order valence-electron chi connectivity index (χ3n) is 5.71. The molecular weight excluding hydrogens is 426 g/mol. The zero-order valence-electron chi connectivity index (χ0n) is 20.8. The number of benzene rings is 1. The molecule has 1 atom stereocenters. The molecule has 1 aromatic carbocycles. The van der Waals surface area contributed by atoms with E-state index >= 15 is 0 Å². The summed E-state index contributed by atoms with van der Waals surface area (Å²) >= 11 is 0. The van der Waals surface area contributed by atoms with Crippen LogP contribution in [0.25, 0.3) is 6.08 Å². The van der Waals surface area contributed by atoms with Gasteiger partial charge in [-0.1, -0.05) is 42.5 Å². The lowest BCUT2D eigenvalue weighted by molar-refractivity contribution is 0.0784. The van der Waals surface area contributed by atoms with Crippen LogP contribution in [0.1, 0.15) is 46.7 Å². The Morgan fingerprint density at radius 1 is 1.26 bits per heavy atom. The number of rotatable bonds is 5. The van der Waals surface area contributed by atoms with Crippen LogP contribution in [-0.4, -0.2) is 58.8 Å². The molecule has 1 N–H and O–H groups in total. The van der Waals surface area contributed by atoms with Gasteiger partial charge in [0.15, 0.2) is 0 Å². The molecular formula is C27H35N5O2. The number of carbonyl (C=O) groups excluding carboxylic acids is 1. The molecule has 3 aromatic rings. The number of nitrogens with zero attached hydrogens (tertiary/aromatic N) is 4. The number of carbonyl (C=O) groups is 1. The van der Waals surface area contributed by atoms with Gasteiger partial charge < -0.3 is 14.5 Å². The van der Waals surface area contributed by atoms with Crippen LogP contribution in [0.15, 0.2) is 54.7 Å². The van der Waals surface area contributed by atoms with Crippen molar-refractivity contribution >= 4 is 17.8 Å². The van der Waals surface area contributed by atoms with Crippen LogP contribution < -0.4 is 4.90 Å². The topological polar surface area (TPSA) is 74.3 Å². The number of hydrogen-bond donors (Lipinski definition) is 1. The molecule has 1 fully saturated rings. The zero-order chi connectivity index (χ0) is 24.5. The first-order valence-electron chi connectivity index (χ1n) is 11.6. The van der Waals surface area contributed by atoms with E-state index in [1.807, 2.05) is 82.4 Å². The SMILES string of the molecule is C/C=C\c1c(C(=O)N(C)Cc2ccccc2)cc(N2CCOC[C@H]2C)nc1C.Cc1ccn[nH]1. The Kier molecular flexibility index (Phi) is 8.99. The average molecular weight is 462 g/mol. The van der Waals surface area contributed by atoms with Gasteiger partial charge in [-0.2, -0.15) is 5.10 Å². The lowest BCUT2D eigenvalue weighted by Crippen LogP contribution is -2.44. The van der Waals surface area contributed by atoms with Crippen molar-refractivity contribution in [3.63, 3.8) is 0 Å². The predicted molar refractivity (Wildman–Crippen MR) is 137 cm³/mol. The summed E-state index contributed by atoms with van der Waals surface area (Å²) in [5, 5.41) is 6.45. The zero-order valence-corrected chi connectivity index (χ0v) is 20.8. The summed E-state index contributed by atoms with van der Waals surface area (Å²) in [7, 11) is 1.85. The molecule has 7 heteroatoms. The fraction of sp³-hybridized carbons (Fsp3) is 0.370. The van der Waals surface area contributed by atoms with Crippen LogP contribution in [0, 0.1) is 13.8 Å². The first-order chi connectivity index (χ1) is 16.4. The molecule has 3 heterocycles. The minimum absolute atomic E-state index is 0.00427. The normalized spacial score (nSPS) is 15.7. The van der Waals surface area contributed by atoms with Crippen LogP contribution >= 0.6 is 0 Å². The molecule has 0 unspecified atom stereocenters. The lowest BCUT2D eigenvalue weighted by Gasteiger charge is -2.35. The number of allylic oxidation sites excluding steroid dienone is 1. The average Bonchev–Trinajstić information content (AvgIpc) is 3.32. The van der Waals surface area contributed by atoms with E-state index in [0.29, 0.717) is 25.3 Å². The van der Waals surface area contributed by atoms with E-state index in [2.05, 4.69) is 22.0 Å². The Hall–Kier alpha value is -3.45. The van der Waals surface area contributed by atoms with E-state index in [-0.39, 0.29) is 11.9 Å². The first kappa shape index (κ1) is 25.2. The Labute approximate surface area is 202 Å². The highest BCUT2D eigenvalue weighted by Gasteiger charge is 2.24. The van der Waals surface area contributed by atoms with Crippen LogP contribution in [-0.2, 0) is 11.3 Å². The number of hydrogen-bond acceptors (Lipinski definition) is 5. The number of aromatic nitrogens is 3. The van der Waals surface area contributed by atoms with Gasteiger partial charge in [0, 0.05) is 43.3 Å². The summed E-state index contributed by atoms with van der Waals surface area (Å²) in [6, 6.07) is 14.1. The van der Waals surface area contributed by atoms with Crippen molar-refractivity contribution in [3.8, 4) is 0 Å². The summed E-state index contributed by atoms with van der Waals surface area (Å²) in [6.45, 7) is 10.7. The lowest BCUT2D eigenvalue weighted by atomic mass is 10.0. The fourth-order valence-electron chi connectivity index (χ4n) is 3.89. The molecule has 0 bridgehead atoms. The minimum Gasteiger partial charge on any atom is -0.377 e. The highest BCUT2D eigenvalue weighted by atomic mass is 16.5. The molecule has 4 rings (SSSR count). The molecule has 0 aliphatic carbocycles.